The molecule has 14 heteroatoms. The highest BCUT2D eigenvalue weighted by Crippen LogP contribution is 2.36. The lowest BCUT2D eigenvalue weighted by Gasteiger charge is -2.31. The number of benzene rings is 1. The van der Waals surface area contributed by atoms with Gasteiger partial charge >= 0.3 is 6.18 Å². The molecule has 3 heterocycles. The Morgan fingerprint density at radius 1 is 1.16 bits per heavy atom. The van der Waals surface area contributed by atoms with Crippen molar-refractivity contribution in [1.29, 1.82) is 0 Å². The van der Waals surface area contributed by atoms with Crippen LogP contribution in [0.1, 0.15) is 38.2 Å². The molecule has 9 nitrogen and oxygen atoms in total. The van der Waals surface area contributed by atoms with E-state index in [-0.39, 0.29) is 36.5 Å². The number of anilines is 2. The molecule has 0 bridgehead atoms. The number of halogens is 3. The molecule has 4 rings (SSSR count). The Balaban J connectivity index is 1.65. The Morgan fingerprint density at radius 3 is 2.58 bits per heavy atom. The van der Waals surface area contributed by atoms with Crippen molar-refractivity contribution in [1.82, 2.24) is 14.6 Å². The molecule has 0 radical (unpaired) electrons. The highest BCUT2D eigenvalue weighted by atomic mass is 32.2. The number of para-hydroxylation sites is 1. The maximum atomic E-state index is 13.9. The molecule has 0 fully saturated rings. The molecular weight excluding hydrogens is 603 g/mol. The van der Waals surface area contributed by atoms with Gasteiger partial charge in [-0.15, -0.1) is 11.3 Å². The van der Waals surface area contributed by atoms with Gasteiger partial charge in [0.15, 0.2) is 0 Å². The number of pyridine rings is 1. The van der Waals surface area contributed by atoms with Crippen molar-refractivity contribution >= 4 is 44.7 Å². The van der Waals surface area contributed by atoms with E-state index in [1.165, 1.54) is 28.5 Å². The fourth-order valence-corrected chi connectivity index (χ4v) is 6.90. The van der Waals surface area contributed by atoms with Gasteiger partial charge in [0, 0.05) is 41.7 Å². The Labute approximate surface area is 252 Å². The van der Waals surface area contributed by atoms with Crippen LogP contribution in [0.25, 0.3) is 10.4 Å². The Bertz CT molecular complexity index is 1590. The van der Waals surface area contributed by atoms with Gasteiger partial charge in [0.05, 0.1) is 5.69 Å². The third kappa shape index (κ3) is 8.00. The van der Waals surface area contributed by atoms with Crippen LogP contribution in [0.2, 0.25) is 0 Å². The van der Waals surface area contributed by atoms with Crippen LogP contribution < -0.4 is 15.8 Å². The van der Waals surface area contributed by atoms with Crippen molar-refractivity contribution in [3.05, 3.63) is 71.3 Å². The number of nitrogens with zero attached hydrogens (tertiary/aromatic N) is 2. The summed E-state index contributed by atoms with van der Waals surface area (Å²) < 4.78 is 69.8. The third-order valence-electron chi connectivity index (χ3n) is 7.03. The first-order valence-electron chi connectivity index (χ1n) is 13.6. The van der Waals surface area contributed by atoms with E-state index in [1.807, 2.05) is 5.38 Å². The summed E-state index contributed by atoms with van der Waals surface area (Å²) in [5, 5.41) is 4.52. The second-order valence-electron chi connectivity index (χ2n) is 9.93. The van der Waals surface area contributed by atoms with Crippen LogP contribution in [-0.4, -0.2) is 55.4 Å². The number of alkyl halides is 3. The predicted octanol–water partition coefficient (Wildman–Crippen LogP) is 5.13. The topological polar surface area (TPSA) is 134 Å². The monoisotopic (exact) mass is 635 g/mol. The molecular formula is C29H32F3N5O4S2. The Hall–Kier alpha value is -3.75. The van der Waals surface area contributed by atoms with Crippen molar-refractivity contribution in [3.8, 4) is 10.4 Å². The summed E-state index contributed by atoms with van der Waals surface area (Å²) in [6, 6.07) is 10.4. The number of rotatable bonds is 11. The average molecular weight is 636 g/mol. The van der Waals surface area contributed by atoms with E-state index in [1.54, 1.807) is 43.3 Å². The molecule has 1 aliphatic heterocycles. The molecule has 3 aromatic rings. The standard InChI is InChI=1S/C29H32F3N5O4S2/c1-2-25(38)35-26-21(23-11-6-18-42-23)9-4-12-24(26)43(40,41)36-22(10-3-7-19-8-5-15-34-27(19)33)28(39)37-16-13-20(14-17-37)29(30,31)32/h4-6,8-9,11-13,15,18,22,36H,2-3,7,10,14,16-17H2,1H3,(H2,33,34)(H,35,38)/t22-/m0/s1. The van der Waals surface area contributed by atoms with Crippen LogP contribution in [0.4, 0.5) is 24.7 Å². The molecule has 0 spiro atoms. The summed E-state index contributed by atoms with van der Waals surface area (Å²) in [6.07, 6.45) is -1.52. The van der Waals surface area contributed by atoms with Gasteiger partial charge in [-0.2, -0.15) is 17.9 Å². The number of sulfonamides is 1. The van der Waals surface area contributed by atoms with Gasteiger partial charge in [-0.3, -0.25) is 9.59 Å². The van der Waals surface area contributed by atoms with Crippen molar-refractivity contribution in [2.24, 2.45) is 0 Å². The minimum atomic E-state index is -4.49. The molecule has 43 heavy (non-hydrogen) atoms. The third-order valence-corrected chi connectivity index (χ3v) is 9.45. The molecule has 2 aromatic heterocycles. The lowest BCUT2D eigenvalue weighted by atomic mass is 10.0. The Kier molecular flexibility index (Phi) is 10.2. The summed E-state index contributed by atoms with van der Waals surface area (Å²) in [6.45, 7) is 1.13. The molecule has 4 N–H and O–H groups in total. The summed E-state index contributed by atoms with van der Waals surface area (Å²) >= 11 is 1.37. The second-order valence-corrected chi connectivity index (χ2v) is 12.6. The normalized spacial score (nSPS) is 14.7. The lowest BCUT2D eigenvalue weighted by Crippen LogP contribution is -2.50. The summed E-state index contributed by atoms with van der Waals surface area (Å²) in [5.74, 6) is -0.731. The van der Waals surface area contributed by atoms with E-state index in [0.29, 0.717) is 24.2 Å². The van der Waals surface area contributed by atoms with Crippen LogP contribution in [0.5, 0.6) is 0 Å². The van der Waals surface area contributed by atoms with E-state index < -0.39 is 46.0 Å². The van der Waals surface area contributed by atoms with Crippen LogP contribution in [0.15, 0.2) is 70.6 Å². The number of thiophene rings is 1. The second kappa shape index (κ2) is 13.7. The van der Waals surface area contributed by atoms with E-state index in [9.17, 15) is 31.2 Å². The number of nitrogens with two attached hydrogens (primary N) is 1. The molecule has 1 aromatic carbocycles. The van der Waals surface area contributed by atoms with Crippen LogP contribution >= 0.6 is 11.3 Å². The van der Waals surface area contributed by atoms with Crippen LogP contribution in [0.3, 0.4) is 0 Å². The molecule has 0 saturated heterocycles. The number of aromatic nitrogens is 1. The van der Waals surface area contributed by atoms with Crippen LogP contribution in [0, 0.1) is 0 Å². The molecule has 0 saturated carbocycles. The first-order valence-corrected chi connectivity index (χ1v) is 16.0. The molecule has 2 amide bonds. The van der Waals surface area contributed by atoms with Crippen molar-refractivity contribution < 1.29 is 31.2 Å². The molecule has 1 aliphatic rings. The summed E-state index contributed by atoms with van der Waals surface area (Å²) in [7, 11) is -4.42. The number of nitrogens with one attached hydrogen (secondary N) is 2. The van der Waals surface area contributed by atoms with Gasteiger partial charge in [-0.05, 0) is 54.8 Å². The van der Waals surface area contributed by atoms with E-state index >= 15 is 0 Å². The van der Waals surface area contributed by atoms with E-state index in [0.717, 1.165) is 16.5 Å². The van der Waals surface area contributed by atoms with Gasteiger partial charge < -0.3 is 16.0 Å². The minimum Gasteiger partial charge on any atom is -0.383 e. The highest BCUT2D eigenvalue weighted by molar-refractivity contribution is 7.89. The summed E-state index contributed by atoms with van der Waals surface area (Å²) in [4.78, 5) is 31.8. The van der Waals surface area contributed by atoms with Gasteiger partial charge in [-0.25, -0.2) is 13.4 Å². The number of carbonyl (C=O) groups excluding carboxylic acids is 2. The zero-order chi connectivity index (χ0) is 31.2. The molecule has 1 atom stereocenters. The van der Waals surface area contributed by atoms with Gasteiger partial charge in [0.2, 0.25) is 21.8 Å². The van der Waals surface area contributed by atoms with Crippen molar-refractivity contribution in [2.75, 3.05) is 24.1 Å². The minimum absolute atomic E-state index is 0.0417. The van der Waals surface area contributed by atoms with Crippen molar-refractivity contribution in [2.45, 2.75) is 56.1 Å². The van der Waals surface area contributed by atoms with Crippen LogP contribution in [-0.2, 0) is 26.0 Å². The first kappa shape index (κ1) is 32.2. The lowest BCUT2D eigenvalue weighted by molar-refractivity contribution is -0.134. The first-order chi connectivity index (χ1) is 20.4. The zero-order valence-corrected chi connectivity index (χ0v) is 25.0. The maximum absolute atomic E-state index is 13.9. The quantitative estimate of drug-likeness (QED) is 0.250. The highest BCUT2D eigenvalue weighted by Gasteiger charge is 2.37. The number of nitrogen functional groups attached to an aromatic ring is 1. The fraction of sp³-hybridized carbons (Fsp3) is 0.345. The smallest absolute Gasteiger partial charge is 0.383 e. The van der Waals surface area contributed by atoms with Gasteiger partial charge in [0.25, 0.3) is 0 Å². The van der Waals surface area contributed by atoms with E-state index in [4.69, 9.17) is 5.73 Å². The number of aryl methyl sites for hydroxylation is 1. The average Bonchev–Trinajstić information content (AvgIpc) is 3.52. The summed E-state index contributed by atoms with van der Waals surface area (Å²) in [5.41, 5.74) is 6.51. The fourth-order valence-electron chi connectivity index (χ4n) is 4.74. The van der Waals surface area contributed by atoms with Gasteiger partial charge in [0.1, 0.15) is 16.8 Å². The molecule has 0 aliphatic carbocycles. The largest absolute Gasteiger partial charge is 0.412 e. The van der Waals surface area contributed by atoms with Crippen molar-refractivity contribution in [3.63, 3.8) is 0 Å². The predicted molar refractivity (Wildman–Crippen MR) is 160 cm³/mol. The Morgan fingerprint density at radius 2 is 1.95 bits per heavy atom. The van der Waals surface area contributed by atoms with E-state index in [2.05, 4.69) is 15.0 Å². The number of carbonyl (C=O) groups is 2. The van der Waals surface area contributed by atoms with Gasteiger partial charge in [-0.1, -0.05) is 37.3 Å². The SMILES string of the molecule is CCC(=O)Nc1c(-c2cccs2)cccc1S(=O)(=O)N[C@@H](CCCc1cccnc1N)C(=O)N1CC=C(C(F)(F)F)CC1. The molecule has 230 valence electrons. The maximum Gasteiger partial charge on any atom is 0.412 e. The number of hydrogen-bond acceptors (Lipinski definition) is 7. The number of amides is 2. The number of hydrogen-bond donors (Lipinski definition) is 3. The molecule has 0 unspecified atom stereocenters. The zero-order valence-electron chi connectivity index (χ0n) is 23.4.